The minimum absolute atomic E-state index is 1.03. The highest BCUT2D eigenvalue weighted by molar-refractivity contribution is 6.04. The number of hydrogen-bond donors (Lipinski definition) is 0. The zero-order chi connectivity index (χ0) is 11.1. The molecule has 0 N–H and O–H groups in total. The van der Waals surface area contributed by atoms with E-state index in [-0.39, 0.29) is 0 Å². The maximum Gasteiger partial charge on any atom is 0.0784 e. The van der Waals surface area contributed by atoms with Crippen molar-refractivity contribution < 1.29 is 0 Å². The van der Waals surface area contributed by atoms with Crippen molar-refractivity contribution in [3.63, 3.8) is 0 Å². The molecule has 2 aromatic heterocycles. The van der Waals surface area contributed by atoms with Crippen molar-refractivity contribution in [2.45, 2.75) is 13.8 Å². The lowest BCUT2D eigenvalue weighted by Crippen LogP contribution is -1.87. The molecule has 3 aromatic rings. The van der Waals surface area contributed by atoms with E-state index in [1.165, 1.54) is 10.8 Å². The fourth-order valence-corrected chi connectivity index (χ4v) is 2.01. The summed E-state index contributed by atoms with van der Waals surface area (Å²) in [6.45, 7) is 4.03. The number of fused-ring (bicyclic) bond motifs is 3. The van der Waals surface area contributed by atoms with Crippen molar-refractivity contribution in [2.24, 2.45) is 0 Å². The maximum absolute atomic E-state index is 4.62. The standard InChI is InChI=1S/C14H12N2/c1-9-3-4-11-5-6-12-8-15-10(2)7-13(12)14(11)16-9/h3-8H,1-2H3. The summed E-state index contributed by atoms with van der Waals surface area (Å²) < 4.78 is 0. The Morgan fingerprint density at radius 3 is 2.50 bits per heavy atom. The highest BCUT2D eigenvalue weighted by atomic mass is 14.7. The minimum Gasteiger partial charge on any atom is -0.261 e. The fraction of sp³-hybridized carbons (Fsp3) is 0.143. The van der Waals surface area contributed by atoms with Gasteiger partial charge in [-0.3, -0.25) is 9.97 Å². The molecule has 0 saturated carbocycles. The Kier molecular flexibility index (Phi) is 1.90. The van der Waals surface area contributed by atoms with Crippen molar-refractivity contribution >= 4 is 21.7 Å². The molecule has 0 saturated heterocycles. The molecule has 0 aliphatic carbocycles. The van der Waals surface area contributed by atoms with E-state index >= 15 is 0 Å². The van der Waals surface area contributed by atoms with E-state index in [2.05, 4.69) is 34.2 Å². The lowest BCUT2D eigenvalue weighted by molar-refractivity contribution is 1.22. The summed E-state index contributed by atoms with van der Waals surface area (Å²) in [4.78, 5) is 8.93. The Hall–Kier alpha value is -1.96. The van der Waals surface area contributed by atoms with Crippen LogP contribution in [0.5, 0.6) is 0 Å². The predicted octanol–water partition coefficient (Wildman–Crippen LogP) is 3.40. The van der Waals surface area contributed by atoms with Crippen LogP contribution in [0.25, 0.3) is 21.7 Å². The Bertz CT molecular complexity index is 626. The third-order valence-electron chi connectivity index (χ3n) is 2.83. The molecule has 2 nitrogen and oxygen atoms in total. The molecule has 3 rings (SSSR count). The first kappa shape index (κ1) is 9.28. The van der Waals surface area contributed by atoms with Crippen LogP contribution in [0, 0.1) is 13.8 Å². The van der Waals surface area contributed by atoms with Gasteiger partial charge in [0.2, 0.25) is 0 Å². The van der Waals surface area contributed by atoms with Crippen LogP contribution in [0.4, 0.5) is 0 Å². The zero-order valence-corrected chi connectivity index (χ0v) is 9.36. The summed E-state index contributed by atoms with van der Waals surface area (Å²) in [5, 5.41) is 3.52. The molecule has 2 heteroatoms. The normalized spacial score (nSPS) is 11.1. The van der Waals surface area contributed by atoms with E-state index < -0.39 is 0 Å². The Labute approximate surface area is 94.0 Å². The van der Waals surface area contributed by atoms with Crippen molar-refractivity contribution in [2.75, 3.05) is 0 Å². The van der Waals surface area contributed by atoms with E-state index in [0.29, 0.717) is 0 Å². The second-order valence-corrected chi connectivity index (χ2v) is 4.14. The average molecular weight is 208 g/mol. The van der Waals surface area contributed by atoms with E-state index in [9.17, 15) is 0 Å². The molecule has 0 unspecified atom stereocenters. The second-order valence-electron chi connectivity index (χ2n) is 4.14. The lowest BCUT2D eigenvalue weighted by atomic mass is 10.1. The van der Waals surface area contributed by atoms with Crippen molar-refractivity contribution in [3.05, 3.63) is 47.9 Å². The molecular formula is C14H12N2. The fourth-order valence-electron chi connectivity index (χ4n) is 2.01. The molecule has 0 amide bonds. The molecule has 0 radical (unpaired) electrons. The first-order valence-electron chi connectivity index (χ1n) is 5.37. The summed E-state index contributed by atoms with van der Waals surface area (Å²) in [5.41, 5.74) is 3.15. The van der Waals surface area contributed by atoms with Crippen molar-refractivity contribution in [3.8, 4) is 0 Å². The minimum atomic E-state index is 1.03. The number of benzene rings is 1. The number of pyridine rings is 2. The van der Waals surface area contributed by atoms with Crippen LogP contribution in [0.15, 0.2) is 36.5 Å². The molecule has 2 heterocycles. The Balaban J connectivity index is 2.55. The number of aryl methyl sites for hydroxylation is 2. The smallest absolute Gasteiger partial charge is 0.0784 e. The van der Waals surface area contributed by atoms with Gasteiger partial charge in [0.1, 0.15) is 0 Å². The molecule has 0 bridgehead atoms. The summed E-state index contributed by atoms with van der Waals surface area (Å²) >= 11 is 0. The average Bonchev–Trinajstić information content (AvgIpc) is 2.29. The van der Waals surface area contributed by atoms with Crippen LogP contribution in [0.2, 0.25) is 0 Å². The third kappa shape index (κ3) is 1.34. The number of hydrogen-bond acceptors (Lipinski definition) is 2. The summed E-state index contributed by atoms with van der Waals surface area (Å²) in [6, 6.07) is 10.5. The van der Waals surface area contributed by atoms with Gasteiger partial charge >= 0.3 is 0 Å². The van der Waals surface area contributed by atoms with E-state index in [1.54, 1.807) is 0 Å². The van der Waals surface area contributed by atoms with Gasteiger partial charge in [0, 0.05) is 33.7 Å². The van der Waals surface area contributed by atoms with Crippen LogP contribution in [-0.2, 0) is 0 Å². The Morgan fingerprint density at radius 1 is 0.875 bits per heavy atom. The Morgan fingerprint density at radius 2 is 1.62 bits per heavy atom. The molecular weight excluding hydrogens is 196 g/mol. The predicted molar refractivity (Wildman–Crippen MR) is 66.5 cm³/mol. The molecule has 16 heavy (non-hydrogen) atoms. The number of rotatable bonds is 0. The molecule has 0 aliphatic heterocycles. The van der Waals surface area contributed by atoms with E-state index in [4.69, 9.17) is 0 Å². The van der Waals surface area contributed by atoms with E-state index in [1.807, 2.05) is 26.1 Å². The highest BCUT2D eigenvalue weighted by Crippen LogP contribution is 2.23. The van der Waals surface area contributed by atoms with Crippen LogP contribution in [-0.4, -0.2) is 9.97 Å². The maximum atomic E-state index is 4.62. The quantitative estimate of drug-likeness (QED) is 0.529. The van der Waals surface area contributed by atoms with Gasteiger partial charge in [0.15, 0.2) is 0 Å². The second kappa shape index (κ2) is 3.27. The first-order valence-corrected chi connectivity index (χ1v) is 5.37. The molecule has 1 aromatic carbocycles. The zero-order valence-electron chi connectivity index (χ0n) is 9.36. The third-order valence-corrected chi connectivity index (χ3v) is 2.83. The van der Waals surface area contributed by atoms with Gasteiger partial charge in [-0.2, -0.15) is 0 Å². The molecule has 78 valence electrons. The van der Waals surface area contributed by atoms with Gasteiger partial charge < -0.3 is 0 Å². The summed E-state index contributed by atoms with van der Waals surface area (Å²) in [5.74, 6) is 0. The van der Waals surface area contributed by atoms with Gasteiger partial charge in [-0.25, -0.2) is 0 Å². The van der Waals surface area contributed by atoms with Gasteiger partial charge in [0.25, 0.3) is 0 Å². The van der Waals surface area contributed by atoms with E-state index in [0.717, 1.165) is 22.3 Å². The number of aromatic nitrogens is 2. The topological polar surface area (TPSA) is 25.8 Å². The van der Waals surface area contributed by atoms with Crippen molar-refractivity contribution in [1.29, 1.82) is 0 Å². The van der Waals surface area contributed by atoms with Crippen molar-refractivity contribution in [1.82, 2.24) is 9.97 Å². The first-order chi connectivity index (χ1) is 7.74. The molecule has 0 fully saturated rings. The largest absolute Gasteiger partial charge is 0.261 e. The molecule has 0 atom stereocenters. The summed E-state index contributed by atoms with van der Waals surface area (Å²) in [7, 11) is 0. The lowest BCUT2D eigenvalue weighted by Gasteiger charge is -2.04. The monoisotopic (exact) mass is 208 g/mol. The molecule has 0 spiro atoms. The van der Waals surface area contributed by atoms with Gasteiger partial charge in [-0.1, -0.05) is 18.2 Å². The number of nitrogens with zero attached hydrogens (tertiary/aromatic N) is 2. The van der Waals surface area contributed by atoms with Gasteiger partial charge in [0.05, 0.1) is 5.52 Å². The van der Waals surface area contributed by atoms with Gasteiger partial charge in [-0.05, 0) is 26.0 Å². The van der Waals surface area contributed by atoms with Crippen LogP contribution in [0.3, 0.4) is 0 Å². The summed E-state index contributed by atoms with van der Waals surface area (Å²) in [6.07, 6.45) is 1.91. The molecule has 0 aliphatic rings. The van der Waals surface area contributed by atoms with Gasteiger partial charge in [-0.15, -0.1) is 0 Å². The SMILES string of the molecule is Cc1cc2c(ccc3ccc(C)nc32)cn1. The van der Waals surface area contributed by atoms with Crippen LogP contribution in [0.1, 0.15) is 11.4 Å². The highest BCUT2D eigenvalue weighted by Gasteiger charge is 2.02. The van der Waals surface area contributed by atoms with Crippen LogP contribution < -0.4 is 0 Å². The van der Waals surface area contributed by atoms with Crippen LogP contribution >= 0.6 is 0 Å².